The highest BCUT2D eigenvalue weighted by atomic mass is 16.3. The summed E-state index contributed by atoms with van der Waals surface area (Å²) in [5, 5.41) is 0.949. The average molecular weight is 702 g/mol. The number of fused-ring (bicyclic) bond motifs is 6. The van der Waals surface area contributed by atoms with E-state index in [1.807, 2.05) is 60.7 Å². The molecular weight excluding hydrogens is 692 g/mol. The van der Waals surface area contributed by atoms with Crippen LogP contribution < -0.4 is 76.5 Å². The van der Waals surface area contributed by atoms with E-state index in [1.165, 1.54) is 0 Å². The van der Waals surface area contributed by atoms with Crippen molar-refractivity contribution in [2.45, 2.75) is 0 Å². The topological polar surface area (TPSA) is 56.7 Å². The van der Waals surface area contributed by atoms with Crippen LogP contribution in [0.3, 0.4) is 0 Å². The second kappa shape index (κ2) is 13.7. The van der Waals surface area contributed by atoms with Crippen molar-refractivity contribution in [3.05, 3.63) is 60.7 Å². The summed E-state index contributed by atoms with van der Waals surface area (Å²) in [6.45, 7) is 0. The summed E-state index contributed by atoms with van der Waals surface area (Å²) < 4.78 is 8.24. The van der Waals surface area contributed by atoms with Crippen molar-refractivity contribution >= 4 is 230 Å². The molecule has 3 aromatic heterocycles. The molecule has 0 fully saturated rings. The standard InChI is InChI=1S/C39H10B14N4O/c40-18-13-14-19(41)24(46)26(48)29(51)33(14)57(32(13)28(50)25(47)23(18)45)34-16-15-20(42)22(44)21(43)17(35(15)58-36(16)31(53)27(49)30(34)52)39-55-37(11-7-3-1-4-8-11)54-38(56-39)12-9-5-2-6-10-12/h1-10H. The lowest BCUT2D eigenvalue weighted by Crippen LogP contribution is -2.49. The van der Waals surface area contributed by atoms with Gasteiger partial charge in [0.2, 0.25) is 0 Å². The lowest BCUT2D eigenvalue weighted by Gasteiger charge is -2.22. The minimum Gasteiger partial charge on any atom is -0.456 e. The van der Waals surface area contributed by atoms with Gasteiger partial charge in [0.15, 0.2) is 17.5 Å². The van der Waals surface area contributed by atoms with Crippen molar-refractivity contribution in [1.29, 1.82) is 0 Å². The summed E-state index contributed by atoms with van der Waals surface area (Å²) in [5.74, 6) is 0.800. The summed E-state index contributed by atoms with van der Waals surface area (Å²) in [6.07, 6.45) is 0. The maximum absolute atomic E-state index is 6.97. The molecule has 5 nitrogen and oxygen atoms in total. The van der Waals surface area contributed by atoms with Crippen molar-refractivity contribution in [3.63, 3.8) is 0 Å². The zero-order valence-electron chi connectivity index (χ0n) is 30.6. The third kappa shape index (κ3) is 5.27. The van der Waals surface area contributed by atoms with E-state index in [9.17, 15) is 0 Å². The molecule has 0 aliphatic heterocycles. The van der Waals surface area contributed by atoms with Gasteiger partial charge in [-0.1, -0.05) is 104 Å². The Balaban J connectivity index is 1.51. The van der Waals surface area contributed by atoms with Gasteiger partial charge < -0.3 is 8.98 Å². The largest absolute Gasteiger partial charge is 0.456 e. The first-order chi connectivity index (χ1) is 27.6. The number of hydrogen-bond donors (Lipinski definition) is 0. The monoisotopic (exact) mass is 704 g/mol. The third-order valence-corrected chi connectivity index (χ3v) is 10.7. The smallest absolute Gasteiger partial charge is 0.167 e. The normalized spacial score (nSPS) is 11.7. The van der Waals surface area contributed by atoms with Crippen molar-refractivity contribution in [1.82, 2.24) is 19.5 Å². The van der Waals surface area contributed by atoms with Crippen molar-refractivity contribution in [3.8, 4) is 39.9 Å². The zero-order chi connectivity index (χ0) is 41.2. The van der Waals surface area contributed by atoms with E-state index in [1.54, 1.807) is 4.57 Å². The van der Waals surface area contributed by atoms with E-state index in [0.29, 0.717) is 22.8 Å². The Hall–Kier alpha value is -5.16. The molecule has 0 unspecified atom stereocenters. The summed E-state index contributed by atoms with van der Waals surface area (Å²) >= 11 is 0. The molecule has 0 aliphatic carbocycles. The molecular formula is C39H10B14N4O. The van der Waals surface area contributed by atoms with Crippen LogP contribution in [0.1, 0.15) is 0 Å². The van der Waals surface area contributed by atoms with E-state index in [0.717, 1.165) is 0 Å². The van der Waals surface area contributed by atoms with E-state index in [2.05, 4.69) is 0 Å². The number of nitrogens with zero attached hydrogens (tertiary/aromatic N) is 4. The molecule has 3 heterocycles. The third-order valence-electron chi connectivity index (χ3n) is 10.7. The van der Waals surface area contributed by atoms with Crippen molar-refractivity contribution < 1.29 is 4.42 Å². The highest BCUT2D eigenvalue weighted by molar-refractivity contribution is 6.72. The van der Waals surface area contributed by atoms with Crippen LogP contribution in [-0.4, -0.2) is 129 Å². The molecule has 234 valence electrons. The van der Waals surface area contributed by atoms with Gasteiger partial charge in [0.25, 0.3) is 0 Å². The minimum absolute atomic E-state index is 0.000322. The Kier molecular flexibility index (Phi) is 9.07. The van der Waals surface area contributed by atoms with E-state index in [4.69, 9.17) is 129 Å². The number of hydrogen-bond acceptors (Lipinski definition) is 4. The average Bonchev–Trinajstić information content (AvgIpc) is 3.80. The van der Waals surface area contributed by atoms with Crippen LogP contribution in [0.25, 0.3) is 83.6 Å². The lowest BCUT2D eigenvalue weighted by atomic mass is 9.63. The van der Waals surface area contributed by atoms with Gasteiger partial charge in [-0.15, -0.1) is 32.8 Å². The Morgan fingerprint density at radius 1 is 0.345 bits per heavy atom. The van der Waals surface area contributed by atoms with Crippen LogP contribution in [-0.2, 0) is 0 Å². The first-order valence-electron chi connectivity index (χ1n) is 17.5. The molecule has 9 rings (SSSR count). The highest BCUT2D eigenvalue weighted by Crippen LogP contribution is 2.37. The Labute approximate surface area is 352 Å². The molecule has 0 saturated carbocycles. The predicted molar refractivity (Wildman–Crippen MR) is 253 cm³/mol. The second-order valence-corrected chi connectivity index (χ2v) is 13.8. The minimum atomic E-state index is -0.0690. The van der Waals surface area contributed by atoms with E-state index in [-0.39, 0.29) is 137 Å². The predicted octanol–water partition coefficient (Wildman–Crippen LogP) is -7.02. The highest BCUT2D eigenvalue weighted by Gasteiger charge is 2.29. The molecule has 0 saturated heterocycles. The molecule has 0 N–H and O–H groups in total. The first-order valence-corrected chi connectivity index (χ1v) is 17.5. The van der Waals surface area contributed by atoms with Crippen molar-refractivity contribution in [2.75, 3.05) is 0 Å². The molecule has 0 spiro atoms. The Morgan fingerprint density at radius 2 is 0.741 bits per heavy atom. The van der Waals surface area contributed by atoms with Gasteiger partial charge in [0.05, 0.1) is 16.6 Å². The fourth-order valence-electron chi connectivity index (χ4n) is 7.66. The Bertz CT molecular complexity index is 3140. The van der Waals surface area contributed by atoms with Crippen LogP contribution in [0.5, 0.6) is 0 Å². The number of furan rings is 1. The van der Waals surface area contributed by atoms with Crippen LogP contribution in [0.2, 0.25) is 0 Å². The molecule has 0 bridgehead atoms. The zero-order valence-corrected chi connectivity index (χ0v) is 30.6. The molecule has 19 heteroatoms. The van der Waals surface area contributed by atoms with Crippen LogP contribution in [0.15, 0.2) is 65.1 Å². The molecule has 6 aromatic carbocycles. The quantitative estimate of drug-likeness (QED) is 0.172. The molecule has 58 heavy (non-hydrogen) atoms. The first kappa shape index (κ1) is 38.4. The number of benzene rings is 6. The Morgan fingerprint density at radius 3 is 1.22 bits per heavy atom. The SMILES string of the molecule is [B]c1c([B])c(-n2c3c([B])c([B])c([B])c([B])c3c3c([B])c([B])c([B])c([B])c32)c2c(oc3c(-c4nc(-c5ccccc5)nc(-c5ccccc5)n4)c([B])c([B])c([B])c32)c1[B]. The molecule has 28 radical (unpaired) electrons. The molecule has 0 amide bonds. The van der Waals surface area contributed by atoms with Gasteiger partial charge in [-0.3, -0.25) is 0 Å². The summed E-state index contributed by atoms with van der Waals surface area (Å²) in [4.78, 5) is 14.6. The summed E-state index contributed by atoms with van der Waals surface area (Å²) in [6, 6.07) is 18.7. The fourth-order valence-corrected chi connectivity index (χ4v) is 7.66. The number of aromatic nitrogens is 4. The van der Waals surface area contributed by atoms with E-state index >= 15 is 0 Å². The number of rotatable bonds is 4. The van der Waals surface area contributed by atoms with Crippen LogP contribution in [0.4, 0.5) is 0 Å². The van der Waals surface area contributed by atoms with Crippen molar-refractivity contribution in [2.24, 2.45) is 0 Å². The van der Waals surface area contributed by atoms with Crippen LogP contribution >= 0.6 is 0 Å². The maximum atomic E-state index is 6.97. The second-order valence-electron chi connectivity index (χ2n) is 13.8. The lowest BCUT2D eigenvalue weighted by molar-refractivity contribution is 0.673. The molecule has 0 aliphatic rings. The van der Waals surface area contributed by atoms with Gasteiger partial charge in [0, 0.05) is 27.5 Å². The summed E-state index contributed by atoms with van der Waals surface area (Å²) in [5.41, 5.74) is 2.08. The fraction of sp³-hybridized carbons (Fsp3) is 0. The van der Waals surface area contributed by atoms with Gasteiger partial charge >= 0.3 is 0 Å². The van der Waals surface area contributed by atoms with Gasteiger partial charge in [0.1, 0.15) is 121 Å². The molecule has 0 atom stereocenters. The maximum Gasteiger partial charge on any atom is 0.167 e. The van der Waals surface area contributed by atoms with Gasteiger partial charge in [-0.25, -0.2) is 15.0 Å². The van der Waals surface area contributed by atoms with E-state index < -0.39 is 0 Å². The van der Waals surface area contributed by atoms with Gasteiger partial charge in [-0.2, -0.15) is 0 Å². The molecule has 9 aromatic rings. The summed E-state index contributed by atoms with van der Waals surface area (Å²) in [7, 11) is 93.5. The van der Waals surface area contributed by atoms with Crippen LogP contribution in [0, 0.1) is 0 Å². The van der Waals surface area contributed by atoms with Gasteiger partial charge in [-0.05, 0) is 10.8 Å².